The molecule has 0 aromatic heterocycles. The van der Waals surface area contributed by atoms with Crippen LogP contribution in [-0.2, 0) is 4.79 Å². The third-order valence-electron chi connectivity index (χ3n) is 3.59. The van der Waals surface area contributed by atoms with E-state index in [1.54, 1.807) is 13.0 Å². The molecule has 21 heavy (non-hydrogen) atoms. The van der Waals surface area contributed by atoms with Crippen LogP contribution in [0.2, 0.25) is 0 Å². The second-order valence-electron chi connectivity index (χ2n) is 5.40. The molecule has 0 bridgehead atoms. The standard InChI is InChI=1S/C16H24BrFN2O/c1-3-4-12(7-8-19)5-6-16(21)20-15-10-13(17)14(18)9-11(15)2/h9-10,12H,3-8,19H2,1-2H3,(H,20,21). The number of benzene rings is 1. The summed E-state index contributed by atoms with van der Waals surface area (Å²) in [6.45, 7) is 4.58. The molecule has 0 aliphatic rings. The van der Waals surface area contributed by atoms with Gasteiger partial charge in [0.15, 0.2) is 0 Å². The summed E-state index contributed by atoms with van der Waals surface area (Å²) in [6, 6.07) is 3.01. The first-order valence-electron chi connectivity index (χ1n) is 7.43. The van der Waals surface area contributed by atoms with Crippen molar-refractivity contribution in [3.63, 3.8) is 0 Å². The maximum absolute atomic E-state index is 13.3. The van der Waals surface area contributed by atoms with Crippen LogP contribution in [0.25, 0.3) is 0 Å². The lowest BCUT2D eigenvalue weighted by molar-refractivity contribution is -0.116. The molecule has 3 N–H and O–H groups in total. The van der Waals surface area contributed by atoms with Gasteiger partial charge >= 0.3 is 0 Å². The topological polar surface area (TPSA) is 55.1 Å². The summed E-state index contributed by atoms with van der Waals surface area (Å²) >= 11 is 3.13. The van der Waals surface area contributed by atoms with Gasteiger partial charge < -0.3 is 11.1 Å². The number of halogens is 2. The molecule has 0 spiro atoms. The quantitative estimate of drug-likeness (QED) is 0.724. The van der Waals surface area contributed by atoms with Crippen molar-refractivity contribution < 1.29 is 9.18 Å². The molecule has 1 amide bonds. The number of rotatable bonds is 8. The maximum Gasteiger partial charge on any atom is 0.224 e. The van der Waals surface area contributed by atoms with Gasteiger partial charge in [0.05, 0.1) is 4.47 Å². The molecule has 0 aliphatic carbocycles. The molecule has 0 saturated carbocycles. The Morgan fingerprint density at radius 1 is 1.38 bits per heavy atom. The molecular formula is C16H24BrFN2O. The van der Waals surface area contributed by atoms with Crippen molar-refractivity contribution in [2.75, 3.05) is 11.9 Å². The van der Waals surface area contributed by atoms with E-state index in [2.05, 4.69) is 28.2 Å². The zero-order valence-electron chi connectivity index (χ0n) is 12.7. The highest BCUT2D eigenvalue weighted by Crippen LogP contribution is 2.25. The molecule has 0 aliphatic heterocycles. The maximum atomic E-state index is 13.3. The van der Waals surface area contributed by atoms with E-state index < -0.39 is 0 Å². The minimum absolute atomic E-state index is 0.0327. The lowest BCUT2D eigenvalue weighted by Crippen LogP contribution is -2.16. The largest absolute Gasteiger partial charge is 0.330 e. The molecule has 1 aromatic rings. The summed E-state index contributed by atoms with van der Waals surface area (Å²) in [4.78, 5) is 12.0. The van der Waals surface area contributed by atoms with Crippen molar-refractivity contribution in [1.82, 2.24) is 0 Å². The summed E-state index contributed by atoms with van der Waals surface area (Å²) in [5, 5.41) is 2.85. The second kappa shape index (κ2) is 9.15. The monoisotopic (exact) mass is 358 g/mol. The predicted octanol–water partition coefficient (Wildman–Crippen LogP) is 4.38. The van der Waals surface area contributed by atoms with E-state index in [1.165, 1.54) is 6.07 Å². The average molecular weight is 359 g/mol. The molecule has 0 saturated heterocycles. The molecule has 3 nitrogen and oxygen atoms in total. The molecule has 118 valence electrons. The lowest BCUT2D eigenvalue weighted by Gasteiger charge is -2.15. The van der Waals surface area contributed by atoms with Gasteiger partial charge in [-0.25, -0.2) is 4.39 Å². The van der Waals surface area contributed by atoms with Crippen molar-refractivity contribution in [3.8, 4) is 0 Å². The Kier molecular flexibility index (Phi) is 7.89. The van der Waals surface area contributed by atoms with Gasteiger partial charge in [-0.2, -0.15) is 0 Å². The normalized spacial score (nSPS) is 12.2. The Morgan fingerprint density at radius 2 is 2.10 bits per heavy atom. The van der Waals surface area contributed by atoms with Crippen LogP contribution in [0.4, 0.5) is 10.1 Å². The number of carbonyl (C=O) groups is 1. The van der Waals surface area contributed by atoms with Gasteiger partial charge in [0.1, 0.15) is 5.82 Å². The molecule has 1 aromatic carbocycles. The fourth-order valence-electron chi connectivity index (χ4n) is 2.41. The van der Waals surface area contributed by atoms with Gasteiger partial charge in [0.25, 0.3) is 0 Å². The molecule has 5 heteroatoms. The van der Waals surface area contributed by atoms with Gasteiger partial charge in [0, 0.05) is 12.1 Å². The van der Waals surface area contributed by atoms with E-state index in [0.29, 0.717) is 29.0 Å². The van der Waals surface area contributed by atoms with Gasteiger partial charge in [-0.1, -0.05) is 19.8 Å². The zero-order chi connectivity index (χ0) is 15.8. The highest BCUT2D eigenvalue weighted by molar-refractivity contribution is 9.10. The van der Waals surface area contributed by atoms with E-state index in [0.717, 1.165) is 31.2 Å². The summed E-state index contributed by atoms with van der Waals surface area (Å²) < 4.78 is 13.7. The van der Waals surface area contributed by atoms with Crippen LogP contribution in [-0.4, -0.2) is 12.5 Å². The van der Waals surface area contributed by atoms with Crippen LogP contribution in [0, 0.1) is 18.7 Å². The number of hydrogen-bond acceptors (Lipinski definition) is 2. The number of aryl methyl sites for hydroxylation is 1. The molecule has 1 rings (SSSR count). The van der Waals surface area contributed by atoms with Gasteiger partial charge in [-0.15, -0.1) is 0 Å². The Labute approximate surface area is 134 Å². The highest BCUT2D eigenvalue weighted by Gasteiger charge is 2.12. The fraction of sp³-hybridized carbons (Fsp3) is 0.562. The smallest absolute Gasteiger partial charge is 0.224 e. The van der Waals surface area contributed by atoms with Crippen LogP contribution in [0.3, 0.4) is 0 Å². The lowest BCUT2D eigenvalue weighted by atomic mass is 9.94. The third kappa shape index (κ3) is 6.14. The van der Waals surface area contributed by atoms with Crippen molar-refractivity contribution in [2.24, 2.45) is 11.7 Å². The van der Waals surface area contributed by atoms with Crippen molar-refractivity contribution in [2.45, 2.75) is 46.0 Å². The van der Waals surface area contributed by atoms with Gasteiger partial charge in [-0.05, 0) is 65.9 Å². The molecule has 1 atom stereocenters. The van der Waals surface area contributed by atoms with Crippen LogP contribution < -0.4 is 11.1 Å². The van der Waals surface area contributed by atoms with Crippen LogP contribution in [0.5, 0.6) is 0 Å². The average Bonchev–Trinajstić information content (AvgIpc) is 2.42. The summed E-state index contributed by atoms with van der Waals surface area (Å²) in [5.41, 5.74) is 6.97. The molecular weight excluding hydrogens is 335 g/mol. The van der Waals surface area contributed by atoms with E-state index in [4.69, 9.17) is 5.73 Å². The van der Waals surface area contributed by atoms with E-state index in [-0.39, 0.29) is 11.7 Å². The number of anilines is 1. The minimum Gasteiger partial charge on any atom is -0.330 e. The number of carbonyl (C=O) groups excluding carboxylic acids is 1. The minimum atomic E-state index is -0.323. The predicted molar refractivity (Wildman–Crippen MR) is 88.8 cm³/mol. The Hall–Kier alpha value is -0.940. The summed E-state index contributed by atoms with van der Waals surface area (Å²) in [6.07, 6.45) is 4.49. The molecule has 0 heterocycles. The number of nitrogens with two attached hydrogens (primary N) is 1. The van der Waals surface area contributed by atoms with E-state index in [9.17, 15) is 9.18 Å². The van der Waals surface area contributed by atoms with Crippen LogP contribution >= 0.6 is 15.9 Å². The first-order chi connectivity index (χ1) is 9.97. The molecule has 0 fully saturated rings. The van der Waals surface area contributed by atoms with Crippen LogP contribution in [0.15, 0.2) is 16.6 Å². The first-order valence-corrected chi connectivity index (χ1v) is 8.22. The molecule has 1 unspecified atom stereocenters. The van der Waals surface area contributed by atoms with Gasteiger partial charge in [-0.3, -0.25) is 4.79 Å². The van der Waals surface area contributed by atoms with E-state index in [1.807, 2.05) is 0 Å². The van der Waals surface area contributed by atoms with Crippen molar-refractivity contribution in [3.05, 3.63) is 28.0 Å². The third-order valence-corrected chi connectivity index (χ3v) is 4.20. The zero-order valence-corrected chi connectivity index (χ0v) is 14.3. The summed E-state index contributed by atoms with van der Waals surface area (Å²) in [7, 11) is 0. The van der Waals surface area contributed by atoms with E-state index >= 15 is 0 Å². The highest BCUT2D eigenvalue weighted by atomic mass is 79.9. The van der Waals surface area contributed by atoms with Crippen molar-refractivity contribution in [1.29, 1.82) is 0 Å². The fourth-order valence-corrected chi connectivity index (χ4v) is 2.75. The SMILES string of the molecule is CCCC(CCN)CCC(=O)Nc1cc(Br)c(F)cc1C. The Bertz CT molecular complexity index is 474. The van der Waals surface area contributed by atoms with Crippen LogP contribution in [0.1, 0.15) is 44.6 Å². The number of hydrogen-bond donors (Lipinski definition) is 2. The Balaban J connectivity index is 2.55. The summed E-state index contributed by atoms with van der Waals surface area (Å²) in [5.74, 6) is 0.151. The second-order valence-corrected chi connectivity index (χ2v) is 6.25. The number of nitrogens with one attached hydrogen (secondary N) is 1. The first kappa shape index (κ1) is 18.1. The number of amides is 1. The Morgan fingerprint density at radius 3 is 2.71 bits per heavy atom. The van der Waals surface area contributed by atoms with Gasteiger partial charge in [0.2, 0.25) is 5.91 Å². The van der Waals surface area contributed by atoms with Crippen molar-refractivity contribution >= 4 is 27.5 Å². The molecule has 0 radical (unpaired) electrons.